The van der Waals surface area contributed by atoms with Crippen LogP contribution in [0.1, 0.15) is 40.1 Å². The third kappa shape index (κ3) is 2.92. The monoisotopic (exact) mass is 322 g/mol. The molecule has 0 bridgehead atoms. The Hall–Kier alpha value is -2.62. The number of fused-ring (bicyclic) bond motifs is 1. The molecule has 0 saturated heterocycles. The maximum Gasteiger partial charge on any atom is 0.258 e. The van der Waals surface area contributed by atoms with Crippen LogP contribution in [0.15, 0.2) is 48.5 Å². The molecular weight excluding hydrogens is 300 g/mol. The van der Waals surface area contributed by atoms with Crippen molar-refractivity contribution in [2.75, 3.05) is 24.5 Å². The van der Waals surface area contributed by atoms with E-state index in [1.807, 2.05) is 36.9 Å². The fourth-order valence-electron chi connectivity index (χ4n) is 3.15. The summed E-state index contributed by atoms with van der Waals surface area (Å²) in [5.41, 5.74) is 3.44. The third-order valence-electron chi connectivity index (χ3n) is 4.56. The number of nitrogens with zero attached hydrogens (tertiary/aromatic N) is 2. The zero-order chi connectivity index (χ0) is 17.1. The van der Waals surface area contributed by atoms with Crippen molar-refractivity contribution in [1.29, 1.82) is 0 Å². The van der Waals surface area contributed by atoms with Gasteiger partial charge in [0.25, 0.3) is 11.8 Å². The predicted molar refractivity (Wildman–Crippen MR) is 95.5 cm³/mol. The minimum atomic E-state index is -0.0122. The molecule has 124 valence electrons. The Kier molecular flexibility index (Phi) is 4.65. The lowest BCUT2D eigenvalue weighted by atomic mass is 10.1. The summed E-state index contributed by atoms with van der Waals surface area (Å²) in [7, 11) is 0. The summed E-state index contributed by atoms with van der Waals surface area (Å²) in [5.74, 6) is -0.00712. The minimum absolute atomic E-state index is 0.00511. The molecule has 4 heteroatoms. The van der Waals surface area contributed by atoms with E-state index in [0.717, 1.165) is 12.1 Å². The quantitative estimate of drug-likeness (QED) is 0.866. The number of carbonyl (C=O) groups is 2. The number of carbonyl (C=O) groups excluding carboxylic acids is 2. The van der Waals surface area contributed by atoms with Gasteiger partial charge in [0.05, 0.1) is 0 Å². The van der Waals surface area contributed by atoms with Crippen LogP contribution >= 0.6 is 0 Å². The van der Waals surface area contributed by atoms with Crippen LogP contribution in [0.3, 0.4) is 0 Å². The highest BCUT2D eigenvalue weighted by atomic mass is 16.2. The van der Waals surface area contributed by atoms with E-state index < -0.39 is 0 Å². The Bertz CT molecular complexity index is 748. The van der Waals surface area contributed by atoms with Gasteiger partial charge in [-0.25, -0.2) is 0 Å². The largest absolute Gasteiger partial charge is 0.339 e. The molecule has 2 aromatic rings. The molecule has 24 heavy (non-hydrogen) atoms. The Morgan fingerprint density at radius 1 is 0.958 bits per heavy atom. The molecule has 0 aromatic heterocycles. The summed E-state index contributed by atoms with van der Waals surface area (Å²) in [6.07, 6.45) is 0.889. The Balaban J connectivity index is 1.79. The van der Waals surface area contributed by atoms with Crippen LogP contribution in [0.2, 0.25) is 0 Å². The number of anilines is 1. The molecule has 1 heterocycles. The van der Waals surface area contributed by atoms with Gasteiger partial charge in [0.1, 0.15) is 0 Å². The molecule has 1 aliphatic heterocycles. The van der Waals surface area contributed by atoms with E-state index in [1.54, 1.807) is 29.2 Å². The molecule has 0 aliphatic carbocycles. The van der Waals surface area contributed by atoms with Gasteiger partial charge in [-0.05, 0) is 56.2 Å². The first-order valence-corrected chi connectivity index (χ1v) is 8.44. The summed E-state index contributed by atoms with van der Waals surface area (Å²) in [5, 5.41) is 0. The normalized spacial score (nSPS) is 12.8. The molecule has 4 nitrogen and oxygen atoms in total. The molecular formula is C20H22N2O2. The van der Waals surface area contributed by atoms with E-state index in [1.165, 1.54) is 5.56 Å². The fourth-order valence-corrected chi connectivity index (χ4v) is 3.15. The minimum Gasteiger partial charge on any atom is -0.339 e. The van der Waals surface area contributed by atoms with E-state index in [9.17, 15) is 9.59 Å². The van der Waals surface area contributed by atoms with Gasteiger partial charge < -0.3 is 9.80 Å². The van der Waals surface area contributed by atoms with Crippen LogP contribution in [0, 0.1) is 0 Å². The first-order valence-electron chi connectivity index (χ1n) is 8.44. The Labute approximate surface area is 142 Å². The molecule has 0 spiro atoms. The number of benzene rings is 2. The standard InChI is InChI=1S/C20H22N2O2/c1-3-21(4-2)19(23)16-9-11-17(12-10-16)20(24)22-14-13-15-7-5-6-8-18(15)22/h5-12H,3-4,13-14H2,1-2H3. The first-order chi connectivity index (χ1) is 11.7. The van der Waals surface area contributed by atoms with Gasteiger partial charge in [-0.15, -0.1) is 0 Å². The summed E-state index contributed by atoms with van der Waals surface area (Å²) in [6.45, 7) is 5.99. The average Bonchev–Trinajstić information content (AvgIpc) is 3.06. The van der Waals surface area contributed by atoms with Gasteiger partial charge in [0.2, 0.25) is 0 Å². The van der Waals surface area contributed by atoms with Crippen LogP contribution in [-0.4, -0.2) is 36.3 Å². The highest BCUT2D eigenvalue weighted by Gasteiger charge is 2.25. The van der Waals surface area contributed by atoms with E-state index >= 15 is 0 Å². The van der Waals surface area contributed by atoms with Crippen molar-refractivity contribution in [3.63, 3.8) is 0 Å². The van der Waals surface area contributed by atoms with E-state index in [2.05, 4.69) is 6.07 Å². The lowest BCUT2D eigenvalue weighted by molar-refractivity contribution is 0.0772. The van der Waals surface area contributed by atoms with E-state index in [-0.39, 0.29) is 11.8 Å². The summed E-state index contributed by atoms with van der Waals surface area (Å²) < 4.78 is 0. The second-order valence-corrected chi connectivity index (χ2v) is 5.89. The molecule has 0 N–H and O–H groups in total. The summed E-state index contributed by atoms with van der Waals surface area (Å²) >= 11 is 0. The van der Waals surface area contributed by atoms with Gasteiger partial charge >= 0.3 is 0 Å². The number of amides is 2. The lowest BCUT2D eigenvalue weighted by Gasteiger charge is -2.19. The number of hydrogen-bond acceptors (Lipinski definition) is 2. The van der Waals surface area contributed by atoms with Crippen molar-refractivity contribution in [1.82, 2.24) is 4.90 Å². The molecule has 0 fully saturated rings. The third-order valence-corrected chi connectivity index (χ3v) is 4.56. The highest BCUT2D eigenvalue weighted by Crippen LogP contribution is 2.28. The van der Waals surface area contributed by atoms with Gasteiger partial charge in [-0.3, -0.25) is 9.59 Å². The summed E-state index contributed by atoms with van der Waals surface area (Å²) in [6, 6.07) is 15.0. The van der Waals surface area contributed by atoms with Gasteiger partial charge in [-0.2, -0.15) is 0 Å². The predicted octanol–water partition coefficient (Wildman–Crippen LogP) is 3.37. The maximum atomic E-state index is 12.8. The van der Waals surface area contributed by atoms with Crippen LogP contribution in [-0.2, 0) is 6.42 Å². The van der Waals surface area contributed by atoms with Crippen molar-refractivity contribution < 1.29 is 9.59 Å². The SMILES string of the molecule is CCN(CC)C(=O)c1ccc(C(=O)N2CCc3ccccc32)cc1. The zero-order valence-electron chi connectivity index (χ0n) is 14.2. The van der Waals surface area contributed by atoms with Crippen LogP contribution in [0.25, 0.3) is 0 Å². The molecule has 1 aliphatic rings. The second-order valence-electron chi connectivity index (χ2n) is 5.89. The second kappa shape index (κ2) is 6.87. The van der Waals surface area contributed by atoms with E-state index in [4.69, 9.17) is 0 Å². The number of rotatable bonds is 4. The zero-order valence-corrected chi connectivity index (χ0v) is 14.2. The highest BCUT2D eigenvalue weighted by molar-refractivity contribution is 6.07. The topological polar surface area (TPSA) is 40.6 Å². The first kappa shape index (κ1) is 16.2. The smallest absolute Gasteiger partial charge is 0.258 e. The number of para-hydroxylation sites is 1. The lowest BCUT2D eigenvalue weighted by Crippen LogP contribution is -2.31. The van der Waals surface area contributed by atoms with Crippen LogP contribution < -0.4 is 4.90 Å². The molecule has 2 aromatic carbocycles. The molecule has 0 radical (unpaired) electrons. The van der Waals surface area contributed by atoms with Gasteiger partial charge in [0.15, 0.2) is 0 Å². The molecule has 0 unspecified atom stereocenters. The Morgan fingerprint density at radius 2 is 1.58 bits per heavy atom. The molecule has 0 atom stereocenters. The van der Waals surface area contributed by atoms with Crippen molar-refractivity contribution in [2.24, 2.45) is 0 Å². The van der Waals surface area contributed by atoms with Crippen molar-refractivity contribution >= 4 is 17.5 Å². The van der Waals surface area contributed by atoms with Crippen molar-refractivity contribution in [3.05, 3.63) is 65.2 Å². The molecule has 0 saturated carbocycles. The van der Waals surface area contributed by atoms with Gasteiger partial charge in [-0.1, -0.05) is 18.2 Å². The fraction of sp³-hybridized carbons (Fsp3) is 0.300. The Morgan fingerprint density at radius 3 is 2.25 bits per heavy atom. The number of hydrogen-bond donors (Lipinski definition) is 0. The maximum absolute atomic E-state index is 12.8. The molecule has 3 rings (SSSR count). The average molecular weight is 322 g/mol. The van der Waals surface area contributed by atoms with E-state index in [0.29, 0.717) is 30.8 Å². The van der Waals surface area contributed by atoms with Crippen LogP contribution in [0.5, 0.6) is 0 Å². The summed E-state index contributed by atoms with van der Waals surface area (Å²) in [4.78, 5) is 28.7. The van der Waals surface area contributed by atoms with Gasteiger partial charge in [0, 0.05) is 36.4 Å². The van der Waals surface area contributed by atoms with Crippen molar-refractivity contribution in [3.8, 4) is 0 Å². The van der Waals surface area contributed by atoms with Crippen molar-refractivity contribution in [2.45, 2.75) is 20.3 Å². The van der Waals surface area contributed by atoms with Crippen LogP contribution in [0.4, 0.5) is 5.69 Å². The molecule has 2 amide bonds.